The molecule has 13 heavy (non-hydrogen) atoms. The summed E-state index contributed by atoms with van der Waals surface area (Å²) in [6.07, 6.45) is 3.06. The standard InChI is InChI=1S/C8H9ClIN3/c9-8-6(10)4-11-7(12-8)5-13-2-1-3-13/h4H,1-3,5H2. The van der Waals surface area contributed by atoms with Crippen LogP contribution in [0, 0.1) is 3.57 Å². The lowest BCUT2D eigenvalue weighted by atomic mass is 10.2. The summed E-state index contributed by atoms with van der Waals surface area (Å²) in [5.74, 6) is 0.824. The average molecular weight is 310 g/mol. The van der Waals surface area contributed by atoms with Crippen LogP contribution in [0.15, 0.2) is 6.20 Å². The summed E-state index contributed by atoms with van der Waals surface area (Å²) in [6.45, 7) is 3.15. The fraction of sp³-hybridized carbons (Fsp3) is 0.500. The lowest BCUT2D eigenvalue weighted by molar-refractivity contribution is 0.168. The van der Waals surface area contributed by atoms with E-state index in [1.165, 1.54) is 6.42 Å². The molecule has 1 aromatic heterocycles. The Kier molecular flexibility index (Phi) is 3.00. The van der Waals surface area contributed by atoms with E-state index in [1.54, 1.807) is 6.20 Å². The first-order valence-corrected chi connectivity index (χ1v) is 5.60. The van der Waals surface area contributed by atoms with Crippen molar-refractivity contribution in [2.24, 2.45) is 0 Å². The fourth-order valence-corrected chi connectivity index (χ4v) is 1.60. The molecule has 1 aliphatic heterocycles. The molecule has 0 spiro atoms. The van der Waals surface area contributed by atoms with Gasteiger partial charge in [-0.25, -0.2) is 9.97 Å². The van der Waals surface area contributed by atoms with Crippen LogP contribution in [0.2, 0.25) is 5.15 Å². The number of hydrogen-bond donors (Lipinski definition) is 0. The summed E-state index contributed by atoms with van der Waals surface area (Å²) in [5, 5.41) is 0.561. The lowest BCUT2D eigenvalue weighted by Gasteiger charge is -2.29. The van der Waals surface area contributed by atoms with Crippen LogP contribution < -0.4 is 0 Å². The van der Waals surface area contributed by atoms with Crippen LogP contribution in [0.25, 0.3) is 0 Å². The molecule has 0 unspecified atom stereocenters. The highest BCUT2D eigenvalue weighted by Gasteiger charge is 2.15. The Morgan fingerprint density at radius 2 is 2.31 bits per heavy atom. The van der Waals surface area contributed by atoms with Crippen LogP contribution in [0.5, 0.6) is 0 Å². The maximum absolute atomic E-state index is 5.88. The molecule has 0 bridgehead atoms. The number of aromatic nitrogens is 2. The molecule has 2 heterocycles. The van der Waals surface area contributed by atoms with Gasteiger partial charge < -0.3 is 0 Å². The Morgan fingerprint density at radius 1 is 1.54 bits per heavy atom. The highest BCUT2D eigenvalue weighted by Crippen LogP contribution is 2.15. The van der Waals surface area contributed by atoms with Gasteiger partial charge in [-0.05, 0) is 42.1 Å². The van der Waals surface area contributed by atoms with E-state index in [4.69, 9.17) is 11.6 Å². The van der Waals surface area contributed by atoms with Crippen LogP contribution in [-0.4, -0.2) is 28.0 Å². The van der Waals surface area contributed by atoms with E-state index < -0.39 is 0 Å². The van der Waals surface area contributed by atoms with Gasteiger partial charge in [0, 0.05) is 6.20 Å². The molecule has 5 heteroatoms. The molecule has 0 aliphatic carbocycles. The zero-order valence-electron chi connectivity index (χ0n) is 7.00. The first-order valence-electron chi connectivity index (χ1n) is 4.15. The largest absolute Gasteiger partial charge is 0.296 e. The van der Waals surface area contributed by atoms with Gasteiger partial charge in [0.2, 0.25) is 0 Å². The van der Waals surface area contributed by atoms with Crippen LogP contribution in [0.3, 0.4) is 0 Å². The summed E-state index contributed by atoms with van der Waals surface area (Å²) >= 11 is 8.01. The van der Waals surface area contributed by atoms with Crippen molar-refractivity contribution < 1.29 is 0 Å². The van der Waals surface area contributed by atoms with Gasteiger partial charge in [0.1, 0.15) is 11.0 Å². The van der Waals surface area contributed by atoms with Crippen LogP contribution in [0.1, 0.15) is 12.2 Å². The molecule has 3 nitrogen and oxygen atoms in total. The van der Waals surface area contributed by atoms with Crippen LogP contribution in [-0.2, 0) is 6.54 Å². The van der Waals surface area contributed by atoms with E-state index in [-0.39, 0.29) is 0 Å². The summed E-state index contributed by atoms with van der Waals surface area (Å²) < 4.78 is 0.909. The summed E-state index contributed by atoms with van der Waals surface area (Å²) in [6, 6.07) is 0. The van der Waals surface area contributed by atoms with E-state index in [0.29, 0.717) is 5.15 Å². The molecule has 2 rings (SSSR count). The van der Waals surface area contributed by atoms with Crippen molar-refractivity contribution >= 4 is 34.2 Å². The summed E-state index contributed by atoms with van der Waals surface area (Å²) in [5.41, 5.74) is 0. The van der Waals surface area contributed by atoms with Crippen molar-refractivity contribution in [1.29, 1.82) is 0 Å². The third-order valence-electron chi connectivity index (χ3n) is 2.06. The van der Waals surface area contributed by atoms with Crippen molar-refractivity contribution in [3.63, 3.8) is 0 Å². The van der Waals surface area contributed by atoms with Crippen molar-refractivity contribution in [2.75, 3.05) is 13.1 Å². The van der Waals surface area contributed by atoms with Crippen molar-refractivity contribution in [1.82, 2.24) is 14.9 Å². The van der Waals surface area contributed by atoms with E-state index in [9.17, 15) is 0 Å². The molecule has 70 valence electrons. The van der Waals surface area contributed by atoms with Crippen molar-refractivity contribution in [3.8, 4) is 0 Å². The second-order valence-corrected chi connectivity index (χ2v) is 4.57. The smallest absolute Gasteiger partial charge is 0.146 e. The third kappa shape index (κ3) is 2.30. The Bertz CT molecular complexity index is 314. The minimum Gasteiger partial charge on any atom is -0.296 e. The minimum atomic E-state index is 0.561. The van der Waals surface area contributed by atoms with E-state index in [0.717, 1.165) is 29.0 Å². The fourth-order valence-electron chi connectivity index (χ4n) is 1.20. The number of nitrogens with zero attached hydrogens (tertiary/aromatic N) is 3. The number of rotatable bonds is 2. The van der Waals surface area contributed by atoms with Gasteiger partial charge in [0.15, 0.2) is 0 Å². The monoisotopic (exact) mass is 309 g/mol. The molecule has 1 fully saturated rings. The quantitative estimate of drug-likeness (QED) is 0.617. The van der Waals surface area contributed by atoms with Crippen LogP contribution in [0.4, 0.5) is 0 Å². The Morgan fingerprint density at radius 3 is 2.85 bits per heavy atom. The van der Waals surface area contributed by atoms with Gasteiger partial charge in [-0.3, -0.25) is 4.90 Å². The lowest BCUT2D eigenvalue weighted by Crippen LogP contribution is -2.36. The van der Waals surface area contributed by atoms with E-state index >= 15 is 0 Å². The van der Waals surface area contributed by atoms with E-state index in [1.807, 2.05) is 0 Å². The number of hydrogen-bond acceptors (Lipinski definition) is 3. The predicted molar refractivity (Wildman–Crippen MR) is 59.7 cm³/mol. The number of halogens is 2. The maximum atomic E-state index is 5.88. The highest BCUT2D eigenvalue weighted by atomic mass is 127. The Labute approximate surface area is 95.6 Å². The van der Waals surface area contributed by atoms with Gasteiger partial charge in [0.25, 0.3) is 0 Å². The SMILES string of the molecule is Clc1nc(CN2CCC2)ncc1I. The summed E-state index contributed by atoms with van der Waals surface area (Å²) in [4.78, 5) is 10.7. The molecule has 1 aromatic rings. The van der Waals surface area contributed by atoms with E-state index in [2.05, 4.69) is 37.5 Å². The average Bonchev–Trinajstić information content (AvgIpc) is 2.04. The molecule has 0 radical (unpaired) electrons. The van der Waals surface area contributed by atoms with Crippen molar-refractivity contribution in [2.45, 2.75) is 13.0 Å². The molecule has 1 saturated heterocycles. The molecule has 0 amide bonds. The van der Waals surface area contributed by atoms with Gasteiger partial charge in [-0.1, -0.05) is 11.6 Å². The zero-order valence-corrected chi connectivity index (χ0v) is 9.92. The molecular weight excluding hydrogens is 300 g/mol. The molecular formula is C8H9ClIN3. The Hall–Kier alpha value is 0.0600. The topological polar surface area (TPSA) is 29.0 Å². The second kappa shape index (κ2) is 4.06. The van der Waals surface area contributed by atoms with Crippen molar-refractivity contribution in [3.05, 3.63) is 20.7 Å². The molecule has 0 atom stereocenters. The zero-order chi connectivity index (χ0) is 9.26. The molecule has 0 aromatic carbocycles. The molecule has 1 aliphatic rings. The third-order valence-corrected chi connectivity index (χ3v) is 3.46. The minimum absolute atomic E-state index is 0.561. The number of likely N-dealkylation sites (tertiary alicyclic amines) is 1. The summed E-state index contributed by atoms with van der Waals surface area (Å²) in [7, 11) is 0. The van der Waals surface area contributed by atoms with Gasteiger partial charge in [0.05, 0.1) is 10.1 Å². The maximum Gasteiger partial charge on any atom is 0.146 e. The van der Waals surface area contributed by atoms with Gasteiger partial charge in [-0.15, -0.1) is 0 Å². The molecule has 0 saturated carbocycles. The normalized spacial score (nSPS) is 17.1. The first kappa shape index (κ1) is 9.61. The molecule has 0 N–H and O–H groups in total. The van der Waals surface area contributed by atoms with Gasteiger partial charge in [-0.2, -0.15) is 0 Å². The van der Waals surface area contributed by atoms with Gasteiger partial charge >= 0.3 is 0 Å². The first-order chi connectivity index (χ1) is 6.25. The second-order valence-electron chi connectivity index (χ2n) is 3.05. The highest BCUT2D eigenvalue weighted by molar-refractivity contribution is 14.1. The predicted octanol–water partition coefficient (Wildman–Crippen LogP) is 1.94. The van der Waals surface area contributed by atoms with Crippen LogP contribution >= 0.6 is 34.2 Å². The Balaban J connectivity index is 2.07.